The van der Waals surface area contributed by atoms with Crippen molar-refractivity contribution < 1.29 is 27.6 Å². The molecule has 0 radical (unpaired) electrons. The van der Waals surface area contributed by atoms with Crippen molar-refractivity contribution in [1.82, 2.24) is 0 Å². The molecule has 25 heavy (non-hydrogen) atoms. The summed E-state index contributed by atoms with van der Waals surface area (Å²) in [5.41, 5.74) is 0.444. The number of hydrogen-bond donors (Lipinski definition) is 0. The first kappa shape index (κ1) is 24.0. The largest absolute Gasteiger partial charge is 0.573 e. The lowest BCUT2D eigenvalue weighted by molar-refractivity contribution is -0.139. The first-order valence-corrected chi connectivity index (χ1v) is 10.7. The number of carbonyl (C=O) groups excluding carboxylic acids is 2. The van der Waals surface area contributed by atoms with Crippen LogP contribution in [-0.2, 0) is 27.6 Å². The van der Waals surface area contributed by atoms with Crippen molar-refractivity contribution in [2.75, 3.05) is 27.9 Å². The number of esters is 1. The molecule has 0 spiro atoms. The van der Waals surface area contributed by atoms with Gasteiger partial charge in [-0.1, -0.05) is 45.1 Å². The van der Waals surface area contributed by atoms with Crippen LogP contribution in [0.5, 0.6) is 0 Å². The molecule has 6 nitrogen and oxygen atoms in total. The molecule has 0 unspecified atom stereocenters. The van der Waals surface area contributed by atoms with Crippen LogP contribution in [0.25, 0.3) is 0 Å². The monoisotopic (exact) mass is 374 g/mol. The molecule has 0 aliphatic rings. The van der Waals surface area contributed by atoms with Gasteiger partial charge in [0.1, 0.15) is 0 Å². The van der Waals surface area contributed by atoms with Crippen molar-refractivity contribution in [2.24, 2.45) is 0 Å². The van der Waals surface area contributed by atoms with Crippen LogP contribution < -0.4 is 0 Å². The van der Waals surface area contributed by atoms with Crippen LogP contribution in [0.2, 0.25) is 0 Å². The Morgan fingerprint density at radius 3 is 1.68 bits per heavy atom. The van der Waals surface area contributed by atoms with Gasteiger partial charge >= 0.3 is 14.8 Å². The second kappa shape index (κ2) is 14.2. The van der Waals surface area contributed by atoms with Gasteiger partial charge in [0.2, 0.25) is 5.41 Å². The average molecular weight is 375 g/mol. The lowest BCUT2D eigenvalue weighted by atomic mass is 10.1. The van der Waals surface area contributed by atoms with Gasteiger partial charge in [-0.05, 0) is 19.8 Å². The smallest absolute Gasteiger partial charge is 0.462 e. The zero-order chi connectivity index (χ0) is 19.1. The Morgan fingerprint density at radius 1 is 0.800 bits per heavy atom. The number of ether oxygens (including phenoxy) is 1. The standard InChI is InChI=1S/C18H34O6Si/c1-16(2)18(20)24-15-13-11-9-7-6-8-10-12-14-17(19)25(21-3,22-4)23-5/h1,6-15H2,2-5H3. The second-order valence-corrected chi connectivity index (χ2v) is 8.98. The maximum absolute atomic E-state index is 12.1. The predicted molar refractivity (Wildman–Crippen MR) is 99.1 cm³/mol. The van der Waals surface area contributed by atoms with Gasteiger partial charge in [-0.2, -0.15) is 0 Å². The molecule has 7 heteroatoms. The van der Waals surface area contributed by atoms with Crippen LogP contribution in [0.4, 0.5) is 0 Å². The highest BCUT2D eigenvalue weighted by molar-refractivity contribution is 6.92. The lowest BCUT2D eigenvalue weighted by Gasteiger charge is -2.22. The highest BCUT2D eigenvalue weighted by Crippen LogP contribution is 2.14. The van der Waals surface area contributed by atoms with E-state index in [1.807, 2.05) is 0 Å². The first-order valence-electron chi connectivity index (χ1n) is 8.95. The van der Waals surface area contributed by atoms with Crippen molar-refractivity contribution >= 4 is 20.2 Å². The molecule has 0 bridgehead atoms. The highest BCUT2D eigenvalue weighted by atomic mass is 28.4. The van der Waals surface area contributed by atoms with Crippen LogP contribution in [0, 0.1) is 0 Å². The van der Waals surface area contributed by atoms with Crippen LogP contribution in [-0.4, -0.2) is 48.1 Å². The van der Waals surface area contributed by atoms with E-state index in [2.05, 4.69) is 6.58 Å². The third-order valence-electron chi connectivity index (χ3n) is 4.03. The molecule has 0 heterocycles. The van der Waals surface area contributed by atoms with Gasteiger partial charge in [-0.3, -0.25) is 4.79 Å². The summed E-state index contributed by atoms with van der Waals surface area (Å²) < 4.78 is 20.6. The minimum Gasteiger partial charge on any atom is -0.462 e. The Labute approximate surface area is 153 Å². The van der Waals surface area contributed by atoms with Crippen molar-refractivity contribution in [2.45, 2.75) is 64.7 Å². The average Bonchev–Trinajstić information content (AvgIpc) is 2.61. The molecular weight excluding hydrogens is 340 g/mol. The van der Waals surface area contributed by atoms with Gasteiger partial charge in [0.05, 0.1) is 6.61 Å². The van der Waals surface area contributed by atoms with E-state index in [4.69, 9.17) is 18.0 Å². The van der Waals surface area contributed by atoms with E-state index < -0.39 is 8.80 Å². The second-order valence-electron chi connectivity index (χ2n) is 6.09. The maximum atomic E-state index is 12.1. The van der Waals surface area contributed by atoms with E-state index in [-0.39, 0.29) is 11.4 Å². The quantitative estimate of drug-likeness (QED) is 0.178. The first-order chi connectivity index (χ1) is 11.9. The van der Waals surface area contributed by atoms with Gasteiger partial charge in [0.25, 0.3) is 0 Å². The Bertz CT molecular complexity index is 398. The Balaban J connectivity index is 3.55. The third-order valence-corrected chi connectivity index (χ3v) is 6.57. The van der Waals surface area contributed by atoms with Gasteiger partial charge in [-0.25, -0.2) is 4.79 Å². The summed E-state index contributed by atoms with van der Waals surface area (Å²) in [7, 11) is 1.25. The minimum atomic E-state index is -3.11. The molecule has 0 N–H and O–H groups in total. The van der Waals surface area contributed by atoms with Crippen molar-refractivity contribution in [1.29, 1.82) is 0 Å². The fourth-order valence-corrected chi connectivity index (χ4v) is 4.15. The van der Waals surface area contributed by atoms with Crippen LogP contribution >= 0.6 is 0 Å². The molecule has 0 aromatic carbocycles. The molecule has 0 aromatic rings. The summed E-state index contributed by atoms with van der Waals surface area (Å²) in [6.07, 6.45) is 8.81. The van der Waals surface area contributed by atoms with E-state index in [0.29, 0.717) is 18.6 Å². The molecular formula is C18H34O6Si. The molecule has 0 aromatic heterocycles. The number of unbranched alkanes of at least 4 members (excludes halogenated alkanes) is 7. The number of rotatable bonds is 16. The van der Waals surface area contributed by atoms with Crippen molar-refractivity contribution in [3.8, 4) is 0 Å². The summed E-state index contributed by atoms with van der Waals surface area (Å²) in [6.45, 7) is 5.66. The van der Waals surface area contributed by atoms with Gasteiger partial charge in [0, 0.05) is 33.3 Å². The third kappa shape index (κ3) is 9.89. The summed E-state index contributed by atoms with van der Waals surface area (Å²) >= 11 is 0. The number of carbonyl (C=O) groups is 2. The number of hydrogen-bond acceptors (Lipinski definition) is 6. The molecule has 0 rings (SSSR count). The zero-order valence-electron chi connectivity index (χ0n) is 16.2. The maximum Gasteiger partial charge on any atom is 0.573 e. The van der Waals surface area contributed by atoms with Crippen molar-refractivity contribution in [3.05, 3.63) is 12.2 Å². The summed E-state index contributed by atoms with van der Waals surface area (Å²) in [5.74, 6) is -0.308. The minimum absolute atomic E-state index is 0.0516. The van der Waals surface area contributed by atoms with Crippen LogP contribution in [0.15, 0.2) is 12.2 Å². The molecule has 0 aliphatic heterocycles. The summed E-state index contributed by atoms with van der Waals surface area (Å²) in [6, 6.07) is 0. The fraction of sp³-hybridized carbons (Fsp3) is 0.778. The molecule has 0 fully saturated rings. The fourth-order valence-electron chi connectivity index (χ4n) is 2.48. The van der Waals surface area contributed by atoms with Crippen LogP contribution in [0.1, 0.15) is 64.7 Å². The Morgan fingerprint density at radius 2 is 1.24 bits per heavy atom. The molecule has 0 saturated carbocycles. The Kier molecular flexibility index (Phi) is 13.6. The van der Waals surface area contributed by atoms with Crippen molar-refractivity contribution in [3.63, 3.8) is 0 Å². The molecule has 0 atom stereocenters. The van der Waals surface area contributed by atoms with E-state index in [9.17, 15) is 9.59 Å². The van der Waals surface area contributed by atoms with E-state index in [1.54, 1.807) is 6.92 Å². The lowest BCUT2D eigenvalue weighted by Crippen LogP contribution is -2.51. The molecule has 0 aliphatic carbocycles. The Hall–Kier alpha value is -1.02. The van der Waals surface area contributed by atoms with Crippen LogP contribution in [0.3, 0.4) is 0 Å². The molecule has 146 valence electrons. The normalized spacial score (nSPS) is 11.4. The summed E-state index contributed by atoms with van der Waals surface area (Å²) in [5, 5.41) is -0.0516. The van der Waals surface area contributed by atoms with E-state index in [1.165, 1.54) is 21.3 Å². The zero-order valence-corrected chi connectivity index (χ0v) is 17.2. The molecule has 0 amide bonds. The van der Waals surface area contributed by atoms with Gasteiger partial charge in [0.15, 0.2) is 0 Å². The van der Waals surface area contributed by atoms with E-state index >= 15 is 0 Å². The SMILES string of the molecule is C=C(C)C(=O)OCCCCCCCCCCC(=O)[Si](OC)(OC)OC. The molecule has 0 saturated heterocycles. The van der Waals surface area contributed by atoms with E-state index in [0.717, 1.165) is 51.4 Å². The topological polar surface area (TPSA) is 71.1 Å². The van der Waals surface area contributed by atoms with Gasteiger partial charge in [-0.15, -0.1) is 0 Å². The van der Waals surface area contributed by atoms with Gasteiger partial charge < -0.3 is 18.0 Å². The highest BCUT2D eigenvalue weighted by Gasteiger charge is 2.46. The predicted octanol–water partition coefficient (Wildman–Crippen LogP) is 3.60. The summed E-state index contributed by atoms with van der Waals surface area (Å²) in [4.78, 5) is 23.3.